The van der Waals surface area contributed by atoms with Crippen molar-refractivity contribution in [3.05, 3.63) is 77.4 Å². The van der Waals surface area contributed by atoms with Gasteiger partial charge in [0.25, 0.3) is 5.91 Å². The van der Waals surface area contributed by atoms with Gasteiger partial charge in [-0.1, -0.05) is 72.3 Å². The van der Waals surface area contributed by atoms with E-state index in [1.807, 2.05) is 35.2 Å². The van der Waals surface area contributed by atoms with Crippen LogP contribution < -0.4 is 5.32 Å². The number of aliphatic imine (C=N–C) groups is 1. The predicted molar refractivity (Wildman–Crippen MR) is 137 cm³/mol. The minimum atomic E-state index is -0.529. The van der Waals surface area contributed by atoms with Crippen LogP contribution in [0, 0.1) is 6.92 Å². The number of benzene rings is 2. The van der Waals surface area contributed by atoms with Gasteiger partial charge in [0.15, 0.2) is 18.2 Å². The molecule has 0 bridgehead atoms. The molecular formula is C27H32N6O2. The molecule has 2 atom stereocenters. The monoisotopic (exact) mass is 472 g/mol. The quantitative estimate of drug-likeness (QED) is 0.724. The number of hydrogen-bond acceptors (Lipinski definition) is 6. The van der Waals surface area contributed by atoms with Gasteiger partial charge >= 0.3 is 6.03 Å². The van der Waals surface area contributed by atoms with Crippen LogP contribution in [0.15, 0.2) is 65.7 Å². The Morgan fingerprint density at radius 1 is 1.00 bits per heavy atom. The van der Waals surface area contributed by atoms with E-state index in [1.54, 1.807) is 7.05 Å². The number of piperazine rings is 1. The molecule has 2 unspecified atom stereocenters. The van der Waals surface area contributed by atoms with E-state index >= 15 is 0 Å². The molecule has 3 aliphatic rings. The summed E-state index contributed by atoms with van der Waals surface area (Å²) in [6, 6.07) is 17.9. The van der Waals surface area contributed by atoms with Gasteiger partial charge in [0.05, 0.1) is 0 Å². The van der Waals surface area contributed by atoms with Gasteiger partial charge in [0.1, 0.15) is 0 Å². The van der Waals surface area contributed by atoms with Crippen LogP contribution in [0.2, 0.25) is 0 Å². The number of amides is 3. The van der Waals surface area contributed by atoms with Crippen molar-refractivity contribution in [2.75, 3.05) is 39.8 Å². The van der Waals surface area contributed by atoms with Gasteiger partial charge in [-0.2, -0.15) is 0 Å². The van der Waals surface area contributed by atoms with Crippen LogP contribution >= 0.6 is 0 Å². The topological polar surface area (TPSA) is 71.5 Å². The second kappa shape index (κ2) is 9.92. The zero-order chi connectivity index (χ0) is 24.4. The number of carbonyl (C=O) groups excluding carboxylic acids is 2. The fourth-order valence-electron chi connectivity index (χ4n) is 4.89. The summed E-state index contributed by atoms with van der Waals surface area (Å²) < 4.78 is 0. The zero-order valence-corrected chi connectivity index (χ0v) is 20.3. The van der Waals surface area contributed by atoms with Crippen molar-refractivity contribution in [1.29, 1.82) is 0 Å². The molecule has 8 nitrogen and oxygen atoms in total. The van der Waals surface area contributed by atoms with E-state index in [2.05, 4.69) is 58.5 Å². The van der Waals surface area contributed by atoms with E-state index in [1.165, 1.54) is 16.0 Å². The number of nitrogens with one attached hydrogen (secondary N) is 1. The zero-order valence-electron chi connectivity index (χ0n) is 20.3. The van der Waals surface area contributed by atoms with Crippen molar-refractivity contribution >= 4 is 24.0 Å². The van der Waals surface area contributed by atoms with Crippen molar-refractivity contribution in [1.82, 2.24) is 24.9 Å². The Kier molecular flexibility index (Phi) is 6.55. The van der Waals surface area contributed by atoms with Crippen molar-refractivity contribution in [2.24, 2.45) is 4.99 Å². The smallest absolute Gasteiger partial charge is 0.325 e. The SMILES string of the molecule is Cc1ccc(CN2CCN(C3=NC4C(C(=O)NC(=O)N4C)N3C/C=C/c3ccccc3)CC2)cc1. The largest absolute Gasteiger partial charge is 0.340 e. The second-order valence-electron chi connectivity index (χ2n) is 9.41. The van der Waals surface area contributed by atoms with Gasteiger partial charge in [-0.3, -0.25) is 15.0 Å². The molecule has 0 radical (unpaired) electrons. The summed E-state index contributed by atoms with van der Waals surface area (Å²) >= 11 is 0. The number of carbonyl (C=O) groups is 2. The molecule has 0 spiro atoms. The molecular weight excluding hydrogens is 440 g/mol. The van der Waals surface area contributed by atoms with E-state index in [4.69, 9.17) is 4.99 Å². The Hall–Kier alpha value is -3.65. The lowest BCUT2D eigenvalue weighted by atomic mass is 10.1. The predicted octanol–water partition coefficient (Wildman–Crippen LogP) is 2.37. The molecule has 0 saturated carbocycles. The highest BCUT2D eigenvalue weighted by Gasteiger charge is 2.49. The van der Waals surface area contributed by atoms with E-state index < -0.39 is 18.2 Å². The Bertz CT molecular complexity index is 1120. The van der Waals surface area contributed by atoms with E-state index in [0.717, 1.165) is 44.2 Å². The first-order chi connectivity index (χ1) is 17.0. The van der Waals surface area contributed by atoms with Crippen LogP contribution in [-0.2, 0) is 11.3 Å². The summed E-state index contributed by atoms with van der Waals surface area (Å²) in [7, 11) is 1.70. The lowest BCUT2D eigenvalue weighted by Crippen LogP contribution is -2.64. The summed E-state index contributed by atoms with van der Waals surface area (Å²) in [5.41, 5.74) is 3.69. The summed E-state index contributed by atoms with van der Waals surface area (Å²) in [5.74, 6) is 0.507. The van der Waals surface area contributed by atoms with Crippen molar-refractivity contribution in [3.8, 4) is 0 Å². The molecule has 1 N–H and O–H groups in total. The number of likely N-dealkylation sites (N-methyl/N-ethyl adjacent to an activating group) is 1. The molecule has 5 rings (SSSR count). The standard InChI is InChI=1S/C27H32N6O2/c1-20-10-12-22(13-11-20)19-31-15-17-32(18-16-31)26-28-24-23(25(34)29-27(35)30(24)2)33(26)14-6-9-21-7-4-3-5-8-21/h3-13,23-24H,14-19H2,1-2H3,(H,29,34,35)/b9-6+. The van der Waals surface area contributed by atoms with Crippen LogP contribution in [0.3, 0.4) is 0 Å². The fraction of sp³-hybridized carbons (Fsp3) is 0.370. The van der Waals surface area contributed by atoms with Crippen LogP contribution in [-0.4, -0.2) is 89.5 Å². The number of imide groups is 1. The molecule has 2 aromatic rings. The van der Waals surface area contributed by atoms with Gasteiger partial charge in [0.2, 0.25) is 0 Å². The fourth-order valence-corrected chi connectivity index (χ4v) is 4.89. The normalized spacial score (nSPS) is 23.0. The first-order valence-electron chi connectivity index (χ1n) is 12.2. The first-order valence-corrected chi connectivity index (χ1v) is 12.2. The Balaban J connectivity index is 1.30. The van der Waals surface area contributed by atoms with Crippen molar-refractivity contribution in [2.45, 2.75) is 25.7 Å². The van der Waals surface area contributed by atoms with E-state index in [-0.39, 0.29) is 5.91 Å². The van der Waals surface area contributed by atoms with Crippen LogP contribution in [0.5, 0.6) is 0 Å². The average Bonchev–Trinajstić information content (AvgIpc) is 3.25. The summed E-state index contributed by atoms with van der Waals surface area (Å²) in [6.07, 6.45) is 3.60. The highest BCUT2D eigenvalue weighted by Crippen LogP contribution is 2.26. The summed E-state index contributed by atoms with van der Waals surface area (Å²) in [6.45, 7) is 7.04. The average molecular weight is 473 g/mol. The minimum absolute atomic E-state index is 0.289. The molecule has 35 heavy (non-hydrogen) atoms. The molecule has 3 heterocycles. The maximum atomic E-state index is 12.9. The summed E-state index contributed by atoms with van der Waals surface area (Å²) in [4.78, 5) is 38.3. The summed E-state index contributed by atoms with van der Waals surface area (Å²) in [5, 5.41) is 2.48. The van der Waals surface area contributed by atoms with Crippen molar-refractivity contribution < 1.29 is 9.59 Å². The van der Waals surface area contributed by atoms with Crippen LogP contribution in [0.1, 0.15) is 16.7 Å². The number of guanidine groups is 1. The minimum Gasteiger partial charge on any atom is -0.340 e. The second-order valence-corrected chi connectivity index (χ2v) is 9.41. The Labute approximate surface area is 206 Å². The lowest BCUT2D eigenvalue weighted by molar-refractivity contribution is -0.127. The van der Waals surface area contributed by atoms with Crippen LogP contribution in [0.25, 0.3) is 6.08 Å². The number of rotatable bonds is 5. The third kappa shape index (κ3) is 4.93. The molecule has 2 fully saturated rings. The molecule has 0 aromatic heterocycles. The van der Waals surface area contributed by atoms with Gasteiger partial charge in [-0.25, -0.2) is 9.79 Å². The number of fused-ring (bicyclic) bond motifs is 1. The molecule has 2 aromatic carbocycles. The molecule has 3 aliphatic heterocycles. The Morgan fingerprint density at radius 3 is 2.43 bits per heavy atom. The molecule has 8 heteroatoms. The maximum Gasteiger partial charge on any atom is 0.325 e. The molecule has 2 saturated heterocycles. The van der Waals surface area contributed by atoms with Gasteiger partial charge in [-0.05, 0) is 18.1 Å². The third-order valence-electron chi connectivity index (χ3n) is 6.93. The molecule has 182 valence electrons. The third-order valence-corrected chi connectivity index (χ3v) is 6.93. The van der Waals surface area contributed by atoms with E-state index in [9.17, 15) is 9.59 Å². The number of hydrogen-bond donors (Lipinski definition) is 1. The highest BCUT2D eigenvalue weighted by molar-refractivity contribution is 6.03. The van der Waals surface area contributed by atoms with Gasteiger partial charge in [0, 0.05) is 46.3 Å². The molecule has 3 amide bonds. The number of nitrogens with zero attached hydrogens (tertiary/aromatic N) is 5. The van der Waals surface area contributed by atoms with Gasteiger partial charge < -0.3 is 14.7 Å². The Morgan fingerprint density at radius 2 is 1.71 bits per heavy atom. The molecule has 0 aliphatic carbocycles. The first kappa shape index (κ1) is 23.1. The van der Waals surface area contributed by atoms with E-state index in [0.29, 0.717) is 6.54 Å². The van der Waals surface area contributed by atoms with Gasteiger partial charge in [-0.15, -0.1) is 0 Å². The van der Waals surface area contributed by atoms with Crippen LogP contribution in [0.4, 0.5) is 4.79 Å². The number of urea groups is 1. The highest BCUT2D eigenvalue weighted by atomic mass is 16.2. The number of aryl methyl sites for hydroxylation is 1. The lowest BCUT2D eigenvalue weighted by Gasteiger charge is -2.40. The van der Waals surface area contributed by atoms with Crippen molar-refractivity contribution in [3.63, 3.8) is 0 Å². The maximum absolute atomic E-state index is 12.9.